The van der Waals surface area contributed by atoms with E-state index in [9.17, 15) is 14.0 Å². The number of aromatic nitrogens is 1. The molecule has 0 bridgehead atoms. The molecule has 1 atom stereocenters. The zero-order valence-electron chi connectivity index (χ0n) is 26.4. The van der Waals surface area contributed by atoms with E-state index in [4.69, 9.17) is 4.74 Å². The van der Waals surface area contributed by atoms with Gasteiger partial charge in [0, 0.05) is 24.3 Å². The smallest absolute Gasteiger partial charge is 0.257 e. The third-order valence-corrected chi connectivity index (χ3v) is 8.54. The van der Waals surface area contributed by atoms with Crippen LogP contribution in [0.2, 0.25) is 0 Å². The summed E-state index contributed by atoms with van der Waals surface area (Å²) < 4.78 is 20.3. The quantitative estimate of drug-likeness (QED) is 0.329. The van der Waals surface area contributed by atoms with Crippen molar-refractivity contribution in [3.63, 3.8) is 0 Å². The number of carbonyl (C=O) groups excluding carboxylic acids is 2. The van der Waals surface area contributed by atoms with Crippen molar-refractivity contribution < 1.29 is 18.7 Å². The first-order valence-electron chi connectivity index (χ1n) is 15.7. The Morgan fingerprint density at radius 2 is 1.74 bits per heavy atom. The van der Waals surface area contributed by atoms with Crippen LogP contribution in [0.1, 0.15) is 48.5 Å². The van der Waals surface area contributed by atoms with E-state index < -0.39 is 17.8 Å². The Kier molecular flexibility index (Phi) is 9.25. The predicted molar refractivity (Wildman–Crippen MR) is 176 cm³/mol. The van der Waals surface area contributed by atoms with Gasteiger partial charge in [-0.3, -0.25) is 14.6 Å². The molecule has 0 radical (unpaired) electrons. The molecule has 238 valence electrons. The van der Waals surface area contributed by atoms with E-state index in [1.165, 1.54) is 5.56 Å². The van der Waals surface area contributed by atoms with Gasteiger partial charge in [-0.1, -0.05) is 42.5 Å². The number of allylic oxidation sites excluding steroid dienone is 3. The van der Waals surface area contributed by atoms with E-state index in [2.05, 4.69) is 54.7 Å². The second kappa shape index (κ2) is 13.7. The monoisotopic (exact) mass is 622 g/mol. The van der Waals surface area contributed by atoms with Crippen LogP contribution in [-0.4, -0.2) is 71.2 Å². The molecule has 2 amide bonds. The Hall–Kier alpha value is -4.83. The average Bonchev–Trinajstić information content (AvgIpc) is 3.49. The fourth-order valence-corrected chi connectivity index (χ4v) is 6.13. The van der Waals surface area contributed by atoms with E-state index in [0.29, 0.717) is 25.1 Å². The largest absolute Gasteiger partial charge is 0.438 e. The van der Waals surface area contributed by atoms with E-state index in [1.807, 2.05) is 57.4 Å². The summed E-state index contributed by atoms with van der Waals surface area (Å²) in [5.41, 5.74) is 4.30. The minimum absolute atomic E-state index is 0.0110. The van der Waals surface area contributed by atoms with Gasteiger partial charge in [0.15, 0.2) is 0 Å². The van der Waals surface area contributed by atoms with E-state index >= 15 is 0 Å². The lowest BCUT2D eigenvalue weighted by molar-refractivity contribution is -0.123. The first-order valence-corrected chi connectivity index (χ1v) is 15.7. The molecule has 1 fully saturated rings. The van der Waals surface area contributed by atoms with Gasteiger partial charge in [-0.05, 0) is 93.7 Å². The minimum atomic E-state index is -0.622. The van der Waals surface area contributed by atoms with Crippen molar-refractivity contribution in [3.05, 3.63) is 102 Å². The molecule has 3 aromatic rings. The van der Waals surface area contributed by atoms with Gasteiger partial charge in [-0.15, -0.1) is 0 Å². The summed E-state index contributed by atoms with van der Waals surface area (Å²) in [6.07, 6.45) is 9.72. The number of aliphatic imine (C=N–C) groups is 1. The van der Waals surface area contributed by atoms with Gasteiger partial charge in [0.25, 0.3) is 5.91 Å². The Bertz CT molecular complexity index is 1690. The summed E-state index contributed by atoms with van der Waals surface area (Å²) >= 11 is 0. The van der Waals surface area contributed by atoms with Gasteiger partial charge in [0.2, 0.25) is 11.8 Å². The summed E-state index contributed by atoms with van der Waals surface area (Å²) in [4.78, 5) is 39.2. The molecule has 1 saturated carbocycles. The third-order valence-electron chi connectivity index (χ3n) is 8.54. The van der Waals surface area contributed by atoms with Crippen molar-refractivity contribution in [2.24, 2.45) is 4.99 Å². The maximum atomic E-state index is 14.3. The second-order valence-corrected chi connectivity index (χ2v) is 12.4. The Morgan fingerprint density at radius 3 is 2.46 bits per heavy atom. The van der Waals surface area contributed by atoms with Crippen LogP contribution in [0, 0.1) is 5.82 Å². The number of halogens is 1. The number of amides is 2. The van der Waals surface area contributed by atoms with Gasteiger partial charge in [-0.2, -0.15) is 0 Å². The Balaban J connectivity index is 1.05. The molecule has 46 heavy (non-hydrogen) atoms. The zero-order valence-corrected chi connectivity index (χ0v) is 26.4. The van der Waals surface area contributed by atoms with Crippen LogP contribution in [-0.2, 0) is 11.3 Å². The van der Waals surface area contributed by atoms with E-state index in [-0.39, 0.29) is 29.4 Å². The molecule has 3 heterocycles. The number of ether oxygens (including phenoxy) is 1. The van der Waals surface area contributed by atoms with Gasteiger partial charge >= 0.3 is 0 Å². The van der Waals surface area contributed by atoms with Crippen LogP contribution >= 0.6 is 0 Å². The molecular weight excluding hydrogens is 583 g/mol. The number of rotatable bonds is 9. The molecule has 1 aliphatic carbocycles. The topological polar surface area (TPSA) is 99.2 Å². The molecule has 3 aliphatic rings. The van der Waals surface area contributed by atoms with Crippen LogP contribution in [0.25, 0.3) is 11.1 Å². The molecule has 0 saturated heterocycles. The number of nitrogens with zero attached hydrogens (tertiary/aromatic N) is 4. The number of amidine groups is 1. The van der Waals surface area contributed by atoms with Crippen LogP contribution in [0.15, 0.2) is 89.7 Å². The Morgan fingerprint density at radius 1 is 1.00 bits per heavy atom. The summed E-state index contributed by atoms with van der Waals surface area (Å²) in [5.74, 6) is 0.201. The molecule has 6 rings (SSSR count). The van der Waals surface area contributed by atoms with Gasteiger partial charge in [0.1, 0.15) is 29.0 Å². The highest BCUT2D eigenvalue weighted by Crippen LogP contribution is 2.29. The summed E-state index contributed by atoms with van der Waals surface area (Å²) in [5, 5.41) is 6.18. The van der Waals surface area contributed by atoms with Gasteiger partial charge in [-0.25, -0.2) is 9.37 Å². The van der Waals surface area contributed by atoms with Crippen molar-refractivity contribution in [2.45, 2.75) is 57.3 Å². The highest BCUT2D eigenvalue weighted by molar-refractivity contribution is 6.00. The van der Waals surface area contributed by atoms with Crippen LogP contribution in [0.4, 0.5) is 4.39 Å². The van der Waals surface area contributed by atoms with Gasteiger partial charge < -0.3 is 25.2 Å². The van der Waals surface area contributed by atoms with Crippen molar-refractivity contribution in [1.29, 1.82) is 0 Å². The molecule has 2 aliphatic heterocycles. The van der Waals surface area contributed by atoms with E-state index in [0.717, 1.165) is 54.3 Å². The maximum absolute atomic E-state index is 14.3. The predicted octanol–water partition coefficient (Wildman–Crippen LogP) is 5.46. The van der Waals surface area contributed by atoms with Crippen LogP contribution in [0.3, 0.4) is 0 Å². The van der Waals surface area contributed by atoms with Crippen molar-refractivity contribution in [2.75, 3.05) is 20.6 Å². The standard InChI is InChI=1S/C36H39FN6O3/c1-23-6-4-9-33-41-32(22-43(23)33)35(45)40-29-16-14-28(15-17-29)39-34(44)31-19-27(37)20-38-36(31)46-30-8-5-7-26(18-30)25-12-10-24(11-13-25)21-42(2)3/h4-13,18-20,28-29,32H,14-17,21-22H2,1-3H3,(H,39,44)(H,40,45)/t28-,29+,32?. The number of hydrogen-bond donors (Lipinski definition) is 2. The molecule has 10 heteroatoms. The summed E-state index contributed by atoms with van der Waals surface area (Å²) in [7, 11) is 4.07. The number of carbonyl (C=O) groups is 2. The van der Waals surface area contributed by atoms with E-state index in [1.54, 1.807) is 6.07 Å². The highest BCUT2D eigenvalue weighted by atomic mass is 19.1. The number of pyridine rings is 1. The maximum Gasteiger partial charge on any atom is 0.257 e. The zero-order chi connectivity index (χ0) is 32.2. The van der Waals surface area contributed by atoms with Crippen LogP contribution in [0.5, 0.6) is 11.6 Å². The van der Waals surface area contributed by atoms with Crippen molar-refractivity contribution in [3.8, 4) is 22.8 Å². The lowest BCUT2D eigenvalue weighted by atomic mass is 9.90. The normalized spacial score (nSPS) is 20.5. The van der Waals surface area contributed by atoms with Gasteiger partial charge in [0.05, 0.1) is 12.7 Å². The summed E-state index contributed by atoms with van der Waals surface area (Å²) in [6, 6.07) is 16.4. The number of benzene rings is 2. The molecule has 9 nitrogen and oxygen atoms in total. The Labute approximate surface area is 268 Å². The third kappa shape index (κ3) is 7.34. The molecule has 2 N–H and O–H groups in total. The minimum Gasteiger partial charge on any atom is -0.438 e. The number of hydrogen-bond acceptors (Lipinski definition) is 7. The SMILES string of the molecule is CC1=CC=CC2=NC(C(=O)N[C@H]3CC[C@@H](NC(=O)c4cc(F)cnc4Oc4cccc(-c5ccc(CN(C)C)cc5)c4)CC3)CN12. The number of fused-ring (bicyclic) bond motifs is 1. The lowest BCUT2D eigenvalue weighted by Crippen LogP contribution is -2.47. The van der Waals surface area contributed by atoms with Crippen molar-refractivity contribution >= 4 is 17.6 Å². The van der Waals surface area contributed by atoms with Crippen molar-refractivity contribution in [1.82, 2.24) is 25.4 Å². The average molecular weight is 623 g/mol. The first-order chi connectivity index (χ1) is 22.2. The van der Waals surface area contributed by atoms with Crippen LogP contribution < -0.4 is 15.4 Å². The molecular formula is C36H39FN6O3. The molecule has 1 aromatic heterocycles. The molecule has 0 spiro atoms. The first kappa shape index (κ1) is 31.2. The highest BCUT2D eigenvalue weighted by Gasteiger charge is 2.33. The fourth-order valence-electron chi connectivity index (χ4n) is 6.13. The second-order valence-electron chi connectivity index (χ2n) is 12.4. The number of nitrogens with one attached hydrogen (secondary N) is 2. The fraction of sp³-hybridized carbons (Fsp3) is 0.333. The lowest BCUT2D eigenvalue weighted by Gasteiger charge is -2.30. The molecule has 2 aromatic carbocycles. The molecule has 1 unspecified atom stereocenters. The summed E-state index contributed by atoms with van der Waals surface area (Å²) in [6.45, 7) is 3.41.